The molecule has 0 bridgehead atoms. The van der Waals surface area contributed by atoms with Crippen molar-refractivity contribution in [2.75, 3.05) is 0 Å². The zero-order valence-corrected chi connectivity index (χ0v) is 9.47. The molecule has 1 aliphatic carbocycles. The molecular weight excluding hydrogens is 212 g/mol. The van der Waals surface area contributed by atoms with Crippen LogP contribution in [0.15, 0.2) is 48.5 Å². The smallest absolute Gasteiger partial charge is 0.130 e. The van der Waals surface area contributed by atoms with Gasteiger partial charge in [-0.1, -0.05) is 30.3 Å². The maximum Gasteiger partial charge on any atom is 0.130 e. The lowest BCUT2D eigenvalue weighted by Crippen LogP contribution is -1.92. The van der Waals surface area contributed by atoms with E-state index in [0.29, 0.717) is 0 Å². The second kappa shape index (κ2) is 4.22. The molecule has 3 rings (SSSR count). The van der Waals surface area contributed by atoms with Gasteiger partial charge in [-0.3, -0.25) is 0 Å². The molecule has 86 valence electrons. The van der Waals surface area contributed by atoms with Crippen molar-refractivity contribution in [1.82, 2.24) is 0 Å². The second-order valence-electron chi connectivity index (χ2n) is 4.29. The second-order valence-corrected chi connectivity index (χ2v) is 4.29. The number of aliphatic hydroxyl groups excluding tert-OH is 1. The molecule has 2 aromatic rings. The first kappa shape index (κ1) is 10.4. The third-order valence-electron chi connectivity index (χ3n) is 3.17. The molecule has 0 radical (unpaired) electrons. The fourth-order valence-corrected chi connectivity index (χ4v) is 2.31. The largest absolute Gasteiger partial charge is 0.457 e. The van der Waals surface area contributed by atoms with Gasteiger partial charge in [0.05, 0.1) is 6.10 Å². The number of para-hydroxylation sites is 1. The van der Waals surface area contributed by atoms with Crippen molar-refractivity contribution in [2.24, 2.45) is 0 Å². The summed E-state index contributed by atoms with van der Waals surface area (Å²) in [7, 11) is 0. The van der Waals surface area contributed by atoms with Crippen molar-refractivity contribution < 1.29 is 9.84 Å². The van der Waals surface area contributed by atoms with Gasteiger partial charge in [0.1, 0.15) is 11.5 Å². The molecule has 17 heavy (non-hydrogen) atoms. The van der Waals surface area contributed by atoms with Gasteiger partial charge in [0.15, 0.2) is 0 Å². The molecule has 0 unspecified atom stereocenters. The van der Waals surface area contributed by atoms with E-state index in [1.165, 1.54) is 0 Å². The van der Waals surface area contributed by atoms with Crippen LogP contribution < -0.4 is 4.74 Å². The Balaban J connectivity index is 1.95. The van der Waals surface area contributed by atoms with Crippen LogP contribution in [0.25, 0.3) is 0 Å². The van der Waals surface area contributed by atoms with Gasteiger partial charge in [0.25, 0.3) is 0 Å². The lowest BCUT2D eigenvalue weighted by atomic mass is 10.1. The number of fused-ring (bicyclic) bond motifs is 1. The summed E-state index contributed by atoms with van der Waals surface area (Å²) in [5, 5.41) is 9.82. The van der Waals surface area contributed by atoms with Gasteiger partial charge in [0.2, 0.25) is 0 Å². The topological polar surface area (TPSA) is 29.5 Å². The molecule has 0 heterocycles. The molecular formula is C15H14O2. The number of rotatable bonds is 2. The Morgan fingerprint density at radius 3 is 2.65 bits per heavy atom. The highest BCUT2D eigenvalue weighted by atomic mass is 16.5. The molecule has 2 nitrogen and oxygen atoms in total. The highest BCUT2D eigenvalue weighted by Crippen LogP contribution is 2.38. The highest BCUT2D eigenvalue weighted by molar-refractivity contribution is 5.46. The van der Waals surface area contributed by atoms with Gasteiger partial charge >= 0.3 is 0 Å². The molecule has 0 aliphatic heterocycles. The summed E-state index contributed by atoms with van der Waals surface area (Å²) >= 11 is 0. The molecule has 0 saturated heterocycles. The van der Waals surface area contributed by atoms with E-state index in [1.54, 1.807) is 0 Å². The number of hydrogen-bond acceptors (Lipinski definition) is 2. The van der Waals surface area contributed by atoms with Crippen molar-refractivity contribution in [3.05, 3.63) is 59.7 Å². The predicted molar refractivity (Wildman–Crippen MR) is 66.2 cm³/mol. The summed E-state index contributed by atoms with van der Waals surface area (Å²) in [4.78, 5) is 0. The van der Waals surface area contributed by atoms with Crippen molar-refractivity contribution in [1.29, 1.82) is 0 Å². The Hall–Kier alpha value is -1.80. The van der Waals surface area contributed by atoms with E-state index < -0.39 is 0 Å². The third kappa shape index (κ3) is 1.92. The average Bonchev–Trinajstić information content (AvgIpc) is 2.74. The van der Waals surface area contributed by atoms with Crippen LogP contribution in [0.5, 0.6) is 11.5 Å². The molecule has 1 N–H and O–H groups in total. The summed E-state index contributed by atoms with van der Waals surface area (Å²) in [5.74, 6) is 1.70. The molecule has 0 amide bonds. The summed E-state index contributed by atoms with van der Waals surface area (Å²) in [6.07, 6.45) is 1.36. The number of ether oxygens (including phenoxy) is 1. The summed E-state index contributed by atoms with van der Waals surface area (Å²) in [6, 6.07) is 15.6. The van der Waals surface area contributed by atoms with E-state index in [-0.39, 0.29) is 6.10 Å². The van der Waals surface area contributed by atoms with Crippen LogP contribution in [0.1, 0.15) is 23.7 Å². The van der Waals surface area contributed by atoms with Gasteiger partial charge in [-0.25, -0.2) is 0 Å². The van der Waals surface area contributed by atoms with Gasteiger partial charge in [-0.15, -0.1) is 0 Å². The third-order valence-corrected chi connectivity index (χ3v) is 3.17. The number of benzene rings is 2. The van der Waals surface area contributed by atoms with E-state index >= 15 is 0 Å². The lowest BCUT2D eigenvalue weighted by molar-refractivity contribution is 0.180. The minimum atomic E-state index is -0.329. The normalized spacial score (nSPS) is 17.8. The zero-order valence-electron chi connectivity index (χ0n) is 9.47. The van der Waals surface area contributed by atoms with E-state index in [4.69, 9.17) is 4.74 Å². The Kier molecular flexibility index (Phi) is 2.57. The number of hydrogen-bond donors (Lipinski definition) is 1. The Morgan fingerprint density at radius 2 is 1.82 bits per heavy atom. The molecule has 2 aromatic carbocycles. The Morgan fingerprint density at radius 1 is 1.00 bits per heavy atom. The standard InChI is InChI=1S/C15H14O2/c16-14-10-9-13-12(14)7-4-8-15(13)17-11-5-2-1-3-6-11/h1-8,14,16H,9-10H2/t14-/m0/s1. The predicted octanol–water partition coefficient (Wildman–Crippen LogP) is 3.46. The van der Waals surface area contributed by atoms with Crippen molar-refractivity contribution in [3.8, 4) is 11.5 Å². The van der Waals surface area contributed by atoms with Crippen LogP contribution in [0.2, 0.25) is 0 Å². The quantitative estimate of drug-likeness (QED) is 0.849. The number of aliphatic hydroxyl groups is 1. The van der Waals surface area contributed by atoms with Crippen LogP contribution in [0.4, 0.5) is 0 Å². The van der Waals surface area contributed by atoms with Crippen LogP contribution in [0, 0.1) is 0 Å². The highest BCUT2D eigenvalue weighted by Gasteiger charge is 2.23. The van der Waals surface area contributed by atoms with E-state index in [9.17, 15) is 5.11 Å². The molecule has 0 fully saturated rings. The van der Waals surface area contributed by atoms with Gasteiger partial charge in [0, 0.05) is 5.56 Å². The van der Waals surface area contributed by atoms with Crippen LogP contribution >= 0.6 is 0 Å². The fourth-order valence-electron chi connectivity index (χ4n) is 2.31. The monoisotopic (exact) mass is 226 g/mol. The summed E-state index contributed by atoms with van der Waals surface area (Å²) in [6.45, 7) is 0. The minimum absolute atomic E-state index is 0.329. The molecule has 0 aromatic heterocycles. The van der Waals surface area contributed by atoms with Gasteiger partial charge in [-0.2, -0.15) is 0 Å². The molecule has 1 aliphatic rings. The Bertz CT molecular complexity index is 520. The van der Waals surface area contributed by atoms with Crippen molar-refractivity contribution in [2.45, 2.75) is 18.9 Å². The van der Waals surface area contributed by atoms with Crippen molar-refractivity contribution in [3.63, 3.8) is 0 Å². The molecule has 0 saturated carbocycles. The maximum absolute atomic E-state index is 9.82. The van der Waals surface area contributed by atoms with Crippen molar-refractivity contribution >= 4 is 0 Å². The van der Waals surface area contributed by atoms with Crippen LogP contribution in [0.3, 0.4) is 0 Å². The SMILES string of the molecule is O[C@H]1CCc2c(Oc3ccccc3)cccc21. The summed E-state index contributed by atoms with van der Waals surface area (Å²) < 4.78 is 5.86. The first-order valence-corrected chi connectivity index (χ1v) is 5.87. The molecule has 1 atom stereocenters. The fraction of sp³-hybridized carbons (Fsp3) is 0.200. The minimum Gasteiger partial charge on any atom is -0.457 e. The van der Waals surface area contributed by atoms with Gasteiger partial charge < -0.3 is 9.84 Å². The maximum atomic E-state index is 9.82. The molecule has 2 heteroatoms. The first-order valence-electron chi connectivity index (χ1n) is 5.87. The Labute approximate surface area is 100 Å². The molecule has 0 spiro atoms. The zero-order chi connectivity index (χ0) is 11.7. The van der Waals surface area contributed by atoms with E-state index in [2.05, 4.69) is 0 Å². The summed E-state index contributed by atoms with van der Waals surface area (Å²) in [5.41, 5.74) is 2.15. The van der Waals surface area contributed by atoms with E-state index in [1.807, 2.05) is 48.5 Å². The van der Waals surface area contributed by atoms with Gasteiger partial charge in [-0.05, 0) is 36.6 Å². The lowest BCUT2D eigenvalue weighted by Gasteiger charge is -2.10. The van der Waals surface area contributed by atoms with Crippen LogP contribution in [-0.2, 0) is 6.42 Å². The first-order chi connectivity index (χ1) is 8.34. The van der Waals surface area contributed by atoms with E-state index in [0.717, 1.165) is 35.5 Å². The average molecular weight is 226 g/mol. The van der Waals surface area contributed by atoms with Crippen LogP contribution in [-0.4, -0.2) is 5.11 Å².